The average Bonchev–Trinajstić information content (AvgIpc) is 2.68. The van der Waals surface area contributed by atoms with Crippen molar-refractivity contribution >= 4 is 17.6 Å². The third-order valence-corrected chi connectivity index (χ3v) is 4.36. The summed E-state index contributed by atoms with van der Waals surface area (Å²) in [7, 11) is 3.03. The maximum atomic E-state index is 13.1. The Bertz CT molecular complexity index is 941. The SMILES string of the molecule is COc1ccc(OC)c([C@@H]2NC(=O)NC(C)=C2C(=O)Nc2ccc(F)cc2)c1. The van der Waals surface area contributed by atoms with Crippen LogP contribution in [0.3, 0.4) is 0 Å². The molecule has 0 aliphatic carbocycles. The molecule has 0 aromatic heterocycles. The molecule has 0 saturated heterocycles. The van der Waals surface area contributed by atoms with Crippen LogP contribution in [-0.2, 0) is 4.79 Å². The molecule has 146 valence electrons. The van der Waals surface area contributed by atoms with Crippen LogP contribution in [0.25, 0.3) is 0 Å². The Morgan fingerprint density at radius 1 is 1.11 bits per heavy atom. The van der Waals surface area contributed by atoms with Gasteiger partial charge in [0.15, 0.2) is 0 Å². The quantitative estimate of drug-likeness (QED) is 0.738. The van der Waals surface area contributed by atoms with E-state index < -0.39 is 23.8 Å². The molecular formula is C20H20FN3O4. The summed E-state index contributed by atoms with van der Waals surface area (Å²) in [6, 6.07) is 9.34. The highest BCUT2D eigenvalue weighted by molar-refractivity contribution is 6.06. The van der Waals surface area contributed by atoms with Crippen molar-refractivity contribution in [1.29, 1.82) is 0 Å². The fourth-order valence-corrected chi connectivity index (χ4v) is 3.02. The Labute approximate surface area is 161 Å². The lowest BCUT2D eigenvalue weighted by atomic mass is 9.93. The highest BCUT2D eigenvalue weighted by atomic mass is 19.1. The summed E-state index contributed by atoms with van der Waals surface area (Å²) in [6.45, 7) is 1.64. The van der Waals surface area contributed by atoms with Gasteiger partial charge in [0.2, 0.25) is 0 Å². The summed E-state index contributed by atoms with van der Waals surface area (Å²) in [4.78, 5) is 25.1. The molecule has 1 aliphatic heterocycles. The average molecular weight is 385 g/mol. The second-order valence-corrected chi connectivity index (χ2v) is 6.14. The Morgan fingerprint density at radius 3 is 2.46 bits per heavy atom. The van der Waals surface area contributed by atoms with Crippen molar-refractivity contribution in [3.8, 4) is 11.5 Å². The molecule has 8 heteroatoms. The van der Waals surface area contributed by atoms with Crippen molar-refractivity contribution in [2.45, 2.75) is 13.0 Å². The number of hydrogen-bond donors (Lipinski definition) is 3. The van der Waals surface area contributed by atoms with Gasteiger partial charge >= 0.3 is 6.03 Å². The van der Waals surface area contributed by atoms with Crippen molar-refractivity contribution in [3.05, 3.63) is 65.1 Å². The van der Waals surface area contributed by atoms with Gasteiger partial charge in [-0.1, -0.05) is 0 Å². The molecule has 1 aliphatic rings. The molecule has 1 atom stereocenters. The molecule has 0 bridgehead atoms. The van der Waals surface area contributed by atoms with E-state index in [2.05, 4.69) is 16.0 Å². The van der Waals surface area contributed by atoms with Crippen LogP contribution >= 0.6 is 0 Å². The number of allylic oxidation sites excluding steroid dienone is 1. The van der Waals surface area contributed by atoms with Crippen molar-refractivity contribution in [1.82, 2.24) is 10.6 Å². The molecule has 1 heterocycles. The number of nitrogens with one attached hydrogen (secondary N) is 3. The lowest BCUT2D eigenvalue weighted by Gasteiger charge is -2.29. The van der Waals surface area contributed by atoms with Crippen molar-refractivity contribution in [3.63, 3.8) is 0 Å². The molecule has 0 radical (unpaired) electrons. The fourth-order valence-electron chi connectivity index (χ4n) is 3.02. The van der Waals surface area contributed by atoms with E-state index in [1.165, 1.54) is 38.5 Å². The molecule has 3 N–H and O–H groups in total. The lowest BCUT2D eigenvalue weighted by molar-refractivity contribution is -0.113. The monoisotopic (exact) mass is 385 g/mol. The van der Waals surface area contributed by atoms with Crippen LogP contribution in [0.5, 0.6) is 11.5 Å². The molecule has 3 rings (SSSR count). The standard InChI is InChI=1S/C20H20FN3O4/c1-11-17(19(25)23-13-6-4-12(21)5-7-13)18(24-20(26)22-11)15-10-14(27-2)8-9-16(15)28-3/h4-10,18H,1-3H3,(H,23,25)(H2,22,24,26)/t18-/m0/s1. The minimum Gasteiger partial charge on any atom is -0.497 e. The molecule has 28 heavy (non-hydrogen) atoms. The van der Waals surface area contributed by atoms with Gasteiger partial charge in [-0.2, -0.15) is 0 Å². The largest absolute Gasteiger partial charge is 0.497 e. The fraction of sp³-hybridized carbons (Fsp3) is 0.200. The Morgan fingerprint density at radius 2 is 1.82 bits per heavy atom. The second-order valence-electron chi connectivity index (χ2n) is 6.14. The molecule has 7 nitrogen and oxygen atoms in total. The zero-order chi connectivity index (χ0) is 20.3. The van der Waals surface area contributed by atoms with Crippen LogP contribution in [0.1, 0.15) is 18.5 Å². The molecule has 0 saturated carbocycles. The molecule has 0 spiro atoms. The molecular weight excluding hydrogens is 365 g/mol. The second kappa shape index (κ2) is 7.99. The van der Waals surface area contributed by atoms with E-state index in [0.29, 0.717) is 34.0 Å². The first-order valence-electron chi connectivity index (χ1n) is 8.50. The number of ether oxygens (including phenoxy) is 2. The molecule has 2 aromatic carbocycles. The maximum Gasteiger partial charge on any atom is 0.319 e. The van der Waals surface area contributed by atoms with Crippen LogP contribution in [0.15, 0.2) is 53.7 Å². The van der Waals surface area contributed by atoms with Crippen molar-refractivity contribution in [2.24, 2.45) is 0 Å². The van der Waals surface area contributed by atoms with E-state index in [1.54, 1.807) is 25.1 Å². The van der Waals surface area contributed by atoms with Gasteiger partial charge in [-0.3, -0.25) is 4.79 Å². The summed E-state index contributed by atoms with van der Waals surface area (Å²) >= 11 is 0. The van der Waals surface area contributed by atoms with Gasteiger partial charge in [0.1, 0.15) is 17.3 Å². The molecule has 2 aromatic rings. The summed E-state index contributed by atoms with van der Waals surface area (Å²) in [5.74, 6) is 0.206. The molecule has 3 amide bonds. The van der Waals surface area contributed by atoms with E-state index in [1.807, 2.05) is 0 Å². The minimum absolute atomic E-state index is 0.301. The van der Waals surface area contributed by atoms with Crippen LogP contribution in [0, 0.1) is 5.82 Å². The van der Waals surface area contributed by atoms with E-state index in [4.69, 9.17) is 9.47 Å². The number of rotatable bonds is 5. The smallest absolute Gasteiger partial charge is 0.319 e. The first kappa shape index (κ1) is 19.2. The normalized spacial score (nSPS) is 16.1. The van der Waals surface area contributed by atoms with Crippen LogP contribution < -0.4 is 25.4 Å². The summed E-state index contributed by atoms with van der Waals surface area (Å²) in [5, 5.41) is 8.08. The third-order valence-electron chi connectivity index (χ3n) is 4.36. The lowest BCUT2D eigenvalue weighted by Crippen LogP contribution is -2.46. The van der Waals surface area contributed by atoms with Gasteiger partial charge in [0.05, 0.1) is 25.8 Å². The van der Waals surface area contributed by atoms with Gasteiger partial charge in [0.25, 0.3) is 5.91 Å². The van der Waals surface area contributed by atoms with Crippen LogP contribution in [-0.4, -0.2) is 26.2 Å². The number of hydrogen-bond acceptors (Lipinski definition) is 4. The van der Waals surface area contributed by atoms with Gasteiger partial charge in [-0.25, -0.2) is 9.18 Å². The Balaban J connectivity index is 2.01. The van der Waals surface area contributed by atoms with Crippen LogP contribution in [0.2, 0.25) is 0 Å². The first-order chi connectivity index (χ1) is 13.4. The van der Waals surface area contributed by atoms with Crippen molar-refractivity contribution in [2.75, 3.05) is 19.5 Å². The predicted molar refractivity (Wildman–Crippen MR) is 102 cm³/mol. The number of benzene rings is 2. The van der Waals surface area contributed by atoms with E-state index in [-0.39, 0.29) is 0 Å². The zero-order valence-electron chi connectivity index (χ0n) is 15.6. The zero-order valence-corrected chi connectivity index (χ0v) is 15.6. The Kier molecular flexibility index (Phi) is 5.49. The number of urea groups is 1. The van der Waals surface area contributed by atoms with E-state index in [9.17, 15) is 14.0 Å². The third kappa shape index (κ3) is 3.90. The maximum absolute atomic E-state index is 13.1. The number of anilines is 1. The topological polar surface area (TPSA) is 88.7 Å². The summed E-state index contributed by atoms with van der Waals surface area (Å²) in [5.41, 5.74) is 1.70. The number of methoxy groups -OCH3 is 2. The number of amides is 3. The predicted octanol–water partition coefficient (Wildman–Crippen LogP) is 3.11. The van der Waals surface area contributed by atoms with Crippen LogP contribution in [0.4, 0.5) is 14.9 Å². The van der Waals surface area contributed by atoms with Gasteiger partial charge in [-0.15, -0.1) is 0 Å². The van der Waals surface area contributed by atoms with Gasteiger partial charge in [0, 0.05) is 16.9 Å². The highest BCUT2D eigenvalue weighted by Crippen LogP contribution is 2.35. The number of halogens is 1. The minimum atomic E-state index is -0.765. The summed E-state index contributed by atoms with van der Waals surface area (Å²) < 4.78 is 23.8. The van der Waals surface area contributed by atoms with E-state index in [0.717, 1.165) is 0 Å². The number of carbonyl (C=O) groups excluding carboxylic acids is 2. The first-order valence-corrected chi connectivity index (χ1v) is 8.50. The highest BCUT2D eigenvalue weighted by Gasteiger charge is 2.33. The van der Waals surface area contributed by atoms with Gasteiger partial charge < -0.3 is 25.4 Å². The molecule has 0 unspecified atom stereocenters. The van der Waals surface area contributed by atoms with Crippen molar-refractivity contribution < 1.29 is 23.5 Å². The number of carbonyl (C=O) groups is 2. The Hall–Kier alpha value is -3.55. The summed E-state index contributed by atoms with van der Waals surface area (Å²) in [6.07, 6.45) is 0. The molecule has 0 fully saturated rings. The van der Waals surface area contributed by atoms with Gasteiger partial charge in [-0.05, 0) is 49.4 Å². The van der Waals surface area contributed by atoms with E-state index >= 15 is 0 Å².